The topological polar surface area (TPSA) is 55.8 Å². The van der Waals surface area contributed by atoms with Crippen LogP contribution < -0.4 is 9.47 Å². The molecule has 4 heteroatoms. The van der Waals surface area contributed by atoms with E-state index in [0.717, 1.165) is 22.4 Å². The molecule has 3 aromatic carbocycles. The highest BCUT2D eigenvalue weighted by atomic mass is 16.5. The van der Waals surface area contributed by atoms with Crippen molar-refractivity contribution in [3.8, 4) is 11.5 Å². The van der Waals surface area contributed by atoms with E-state index in [-0.39, 0.29) is 0 Å². The molecule has 0 atom stereocenters. The molecule has 0 unspecified atom stereocenters. The van der Waals surface area contributed by atoms with Gasteiger partial charge in [0.05, 0.1) is 0 Å². The molecule has 1 N–H and O–H groups in total. The minimum Gasteiger partial charge on any atom is -0.489 e. The molecule has 0 heterocycles. The Bertz CT molecular complexity index is 956. The lowest BCUT2D eigenvalue weighted by molar-refractivity contribution is -0.152. The number of carboxylic acids is 1. The fraction of sp³-hybridized carbons (Fsp3) is 0.160. The van der Waals surface area contributed by atoms with Crippen molar-refractivity contribution in [1.82, 2.24) is 0 Å². The maximum absolute atomic E-state index is 11.1. The van der Waals surface area contributed by atoms with E-state index < -0.39 is 11.6 Å². The molecule has 0 aliphatic carbocycles. The summed E-state index contributed by atoms with van der Waals surface area (Å²) in [5.41, 5.74) is 1.96. The van der Waals surface area contributed by atoms with Crippen LogP contribution in [-0.4, -0.2) is 16.7 Å². The summed E-state index contributed by atoms with van der Waals surface area (Å²) in [5.74, 6) is 0.289. The Kier molecular flexibility index (Phi) is 6.35. The third-order valence-corrected chi connectivity index (χ3v) is 4.36. The summed E-state index contributed by atoms with van der Waals surface area (Å²) in [6, 6.07) is 25.3. The van der Waals surface area contributed by atoms with Gasteiger partial charge in [0.2, 0.25) is 0 Å². The van der Waals surface area contributed by atoms with Crippen LogP contribution in [0.5, 0.6) is 11.5 Å². The molecule has 0 aromatic heterocycles. The quantitative estimate of drug-likeness (QED) is 0.505. The summed E-state index contributed by atoms with van der Waals surface area (Å²) in [4.78, 5) is 11.1. The van der Waals surface area contributed by atoms with Gasteiger partial charge in [-0.05, 0) is 54.8 Å². The Morgan fingerprint density at radius 3 is 1.97 bits per heavy atom. The van der Waals surface area contributed by atoms with E-state index in [2.05, 4.69) is 24.3 Å². The van der Waals surface area contributed by atoms with Gasteiger partial charge >= 0.3 is 5.97 Å². The molecule has 0 fully saturated rings. The van der Waals surface area contributed by atoms with Crippen LogP contribution in [0, 0.1) is 0 Å². The summed E-state index contributed by atoms with van der Waals surface area (Å²) in [6.07, 6.45) is 4.14. The lowest BCUT2D eigenvalue weighted by Gasteiger charge is -2.21. The van der Waals surface area contributed by atoms with Crippen LogP contribution in [0.1, 0.15) is 30.5 Å². The molecule has 0 saturated heterocycles. The van der Waals surface area contributed by atoms with E-state index in [1.165, 1.54) is 13.8 Å². The van der Waals surface area contributed by atoms with Crippen molar-refractivity contribution >= 4 is 18.1 Å². The second kappa shape index (κ2) is 9.11. The normalized spacial score (nSPS) is 11.4. The number of carbonyl (C=O) groups is 1. The van der Waals surface area contributed by atoms with Crippen molar-refractivity contribution in [2.75, 3.05) is 0 Å². The van der Waals surface area contributed by atoms with Crippen molar-refractivity contribution in [3.63, 3.8) is 0 Å². The predicted octanol–water partition coefficient (Wildman–Crippen LogP) is 5.68. The number of aliphatic carboxylic acids is 1. The third-order valence-electron chi connectivity index (χ3n) is 4.36. The molecule has 0 radical (unpaired) electrons. The maximum Gasteiger partial charge on any atom is 0.347 e. The van der Waals surface area contributed by atoms with Gasteiger partial charge in [0.25, 0.3) is 0 Å². The Balaban J connectivity index is 1.53. The number of carboxylic acid groups (broad SMARTS) is 1. The van der Waals surface area contributed by atoms with Crippen molar-refractivity contribution < 1.29 is 19.4 Å². The number of hydrogen-bond donors (Lipinski definition) is 1. The third kappa shape index (κ3) is 5.98. The van der Waals surface area contributed by atoms with Crippen LogP contribution in [0.15, 0.2) is 78.9 Å². The van der Waals surface area contributed by atoms with E-state index in [4.69, 9.17) is 14.6 Å². The van der Waals surface area contributed by atoms with Crippen LogP contribution in [-0.2, 0) is 11.4 Å². The summed E-state index contributed by atoms with van der Waals surface area (Å²) < 4.78 is 11.3. The average molecular weight is 388 g/mol. The minimum absolute atomic E-state index is 0.418. The molecule has 0 aliphatic heterocycles. The van der Waals surface area contributed by atoms with Crippen molar-refractivity contribution in [3.05, 3.63) is 95.6 Å². The fourth-order valence-electron chi connectivity index (χ4n) is 2.59. The zero-order valence-corrected chi connectivity index (χ0v) is 16.5. The van der Waals surface area contributed by atoms with Gasteiger partial charge in [0.15, 0.2) is 5.60 Å². The fourth-order valence-corrected chi connectivity index (χ4v) is 2.59. The van der Waals surface area contributed by atoms with Crippen LogP contribution in [0.4, 0.5) is 0 Å². The first-order valence-electron chi connectivity index (χ1n) is 9.40. The highest BCUT2D eigenvalue weighted by Gasteiger charge is 2.29. The summed E-state index contributed by atoms with van der Waals surface area (Å²) in [6.45, 7) is 3.46. The molecule has 4 nitrogen and oxygen atoms in total. The SMILES string of the molecule is CC(C)(Oc1ccc(COc2ccc(/C=C/c3ccccc3)cc2)cc1)C(=O)O. The van der Waals surface area contributed by atoms with Gasteiger partial charge in [-0.2, -0.15) is 0 Å². The summed E-state index contributed by atoms with van der Waals surface area (Å²) >= 11 is 0. The van der Waals surface area contributed by atoms with E-state index in [1.807, 2.05) is 54.6 Å². The molecular formula is C25H24O4. The molecule has 0 saturated carbocycles. The van der Waals surface area contributed by atoms with E-state index >= 15 is 0 Å². The van der Waals surface area contributed by atoms with Crippen LogP contribution >= 0.6 is 0 Å². The second-order valence-electron chi connectivity index (χ2n) is 7.16. The Morgan fingerprint density at radius 1 is 0.828 bits per heavy atom. The highest BCUT2D eigenvalue weighted by Crippen LogP contribution is 2.21. The Labute approximate surface area is 171 Å². The summed E-state index contributed by atoms with van der Waals surface area (Å²) in [7, 11) is 0. The van der Waals surface area contributed by atoms with E-state index in [9.17, 15) is 4.79 Å². The smallest absolute Gasteiger partial charge is 0.347 e. The van der Waals surface area contributed by atoms with Gasteiger partial charge < -0.3 is 14.6 Å². The van der Waals surface area contributed by atoms with E-state index in [0.29, 0.717) is 12.4 Å². The second-order valence-corrected chi connectivity index (χ2v) is 7.16. The van der Waals surface area contributed by atoms with Crippen molar-refractivity contribution in [1.29, 1.82) is 0 Å². The van der Waals surface area contributed by atoms with Gasteiger partial charge in [-0.25, -0.2) is 4.79 Å². The average Bonchev–Trinajstić information content (AvgIpc) is 2.73. The Morgan fingerprint density at radius 2 is 1.38 bits per heavy atom. The molecule has 0 bridgehead atoms. The minimum atomic E-state index is -1.27. The zero-order chi connectivity index (χ0) is 20.7. The molecule has 0 aliphatic rings. The van der Waals surface area contributed by atoms with Gasteiger partial charge in [0, 0.05) is 0 Å². The molecule has 148 valence electrons. The predicted molar refractivity (Wildman–Crippen MR) is 115 cm³/mol. The van der Waals surface area contributed by atoms with Gasteiger partial charge in [-0.3, -0.25) is 0 Å². The molecule has 3 rings (SSSR count). The van der Waals surface area contributed by atoms with Crippen molar-refractivity contribution in [2.45, 2.75) is 26.1 Å². The first-order valence-corrected chi connectivity index (χ1v) is 9.40. The van der Waals surface area contributed by atoms with Crippen LogP contribution in [0.2, 0.25) is 0 Å². The Hall–Kier alpha value is -3.53. The maximum atomic E-state index is 11.1. The number of hydrogen-bond acceptors (Lipinski definition) is 3. The lowest BCUT2D eigenvalue weighted by Crippen LogP contribution is -2.37. The standard InChI is InChI=1S/C25H24O4/c1-25(2,24(26)27)29-23-16-12-21(13-17-23)18-28-22-14-10-20(11-15-22)9-8-19-6-4-3-5-7-19/h3-17H,18H2,1-2H3,(H,26,27)/b9-8+. The van der Waals surface area contributed by atoms with Crippen LogP contribution in [0.25, 0.3) is 12.2 Å². The largest absolute Gasteiger partial charge is 0.489 e. The molecule has 0 amide bonds. The van der Waals surface area contributed by atoms with E-state index in [1.54, 1.807) is 12.1 Å². The van der Waals surface area contributed by atoms with Gasteiger partial charge in [-0.15, -0.1) is 0 Å². The number of ether oxygens (including phenoxy) is 2. The number of benzene rings is 3. The highest BCUT2D eigenvalue weighted by molar-refractivity contribution is 5.76. The van der Waals surface area contributed by atoms with Gasteiger partial charge in [-0.1, -0.05) is 66.7 Å². The summed E-state index contributed by atoms with van der Waals surface area (Å²) in [5, 5.41) is 9.13. The molecule has 3 aromatic rings. The first-order chi connectivity index (χ1) is 13.9. The monoisotopic (exact) mass is 388 g/mol. The molecule has 0 spiro atoms. The first kappa shape index (κ1) is 20.2. The zero-order valence-electron chi connectivity index (χ0n) is 16.5. The van der Waals surface area contributed by atoms with Crippen LogP contribution in [0.3, 0.4) is 0 Å². The number of rotatable bonds is 8. The molecule has 29 heavy (non-hydrogen) atoms. The van der Waals surface area contributed by atoms with Gasteiger partial charge in [0.1, 0.15) is 18.1 Å². The lowest BCUT2D eigenvalue weighted by atomic mass is 10.1. The molecular weight excluding hydrogens is 364 g/mol. The van der Waals surface area contributed by atoms with Crippen molar-refractivity contribution in [2.24, 2.45) is 0 Å².